The molecule has 8 heteroatoms. The number of thioether (sulfide) groups is 1. The molecule has 0 bridgehead atoms. The van der Waals surface area contributed by atoms with Crippen LogP contribution in [0.4, 0.5) is 0 Å². The van der Waals surface area contributed by atoms with Crippen molar-refractivity contribution in [2.24, 2.45) is 0 Å². The molecule has 0 radical (unpaired) electrons. The van der Waals surface area contributed by atoms with Gasteiger partial charge in [0.1, 0.15) is 0 Å². The standard InChI is InChI=1S/C11H19N3O4S/c1-17-4-5-18-6-9(15)7-19-11-13-12-10(16)14(11)8-2-3-8/h8-9,15H,2-7H2,1H3,(H,12,16). The number of H-pyrrole nitrogens is 1. The fraction of sp³-hybridized carbons (Fsp3) is 0.818. The van der Waals surface area contributed by atoms with Crippen molar-refractivity contribution in [3.8, 4) is 0 Å². The van der Waals surface area contributed by atoms with Crippen molar-refractivity contribution in [2.75, 3.05) is 32.7 Å². The summed E-state index contributed by atoms with van der Waals surface area (Å²) in [6.45, 7) is 1.24. The number of nitrogens with zero attached hydrogens (tertiary/aromatic N) is 2. The fourth-order valence-electron chi connectivity index (χ4n) is 1.63. The molecular weight excluding hydrogens is 270 g/mol. The lowest BCUT2D eigenvalue weighted by Gasteiger charge is -2.10. The molecule has 1 unspecified atom stereocenters. The molecule has 2 N–H and O–H groups in total. The molecule has 1 fully saturated rings. The minimum atomic E-state index is -0.582. The summed E-state index contributed by atoms with van der Waals surface area (Å²) in [4.78, 5) is 11.5. The van der Waals surface area contributed by atoms with E-state index in [1.165, 1.54) is 11.8 Å². The number of aromatic amines is 1. The Balaban J connectivity index is 1.74. The lowest BCUT2D eigenvalue weighted by Crippen LogP contribution is -2.20. The Hall–Kier alpha value is -0.830. The van der Waals surface area contributed by atoms with Gasteiger partial charge in [-0.25, -0.2) is 9.89 Å². The number of hydrogen-bond donors (Lipinski definition) is 2. The minimum Gasteiger partial charge on any atom is -0.390 e. The average Bonchev–Trinajstić information content (AvgIpc) is 3.16. The molecule has 0 amide bonds. The van der Waals surface area contributed by atoms with Gasteiger partial charge in [0.2, 0.25) is 0 Å². The van der Waals surface area contributed by atoms with Crippen LogP contribution in [-0.4, -0.2) is 58.7 Å². The van der Waals surface area contributed by atoms with Crippen LogP contribution in [0.2, 0.25) is 0 Å². The summed E-state index contributed by atoms with van der Waals surface area (Å²) in [6.07, 6.45) is 1.46. The molecule has 2 rings (SSSR count). The first-order valence-corrected chi connectivity index (χ1v) is 7.25. The van der Waals surface area contributed by atoms with Crippen molar-refractivity contribution in [2.45, 2.75) is 30.1 Å². The van der Waals surface area contributed by atoms with Crippen LogP contribution < -0.4 is 5.69 Å². The zero-order valence-electron chi connectivity index (χ0n) is 10.9. The van der Waals surface area contributed by atoms with Gasteiger partial charge >= 0.3 is 5.69 Å². The normalized spacial score (nSPS) is 16.7. The number of aromatic nitrogens is 3. The van der Waals surface area contributed by atoms with E-state index in [1.807, 2.05) is 0 Å². The van der Waals surface area contributed by atoms with Crippen LogP contribution in [0.5, 0.6) is 0 Å². The highest BCUT2D eigenvalue weighted by molar-refractivity contribution is 7.99. The number of methoxy groups -OCH3 is 1. The van der Waals surface area contributed by atoms with E-state index in [0.717, 1.165) is 12.8 Å². The van der Waals surface area contributed by atoms with Crippen molar-refractivity contribution in [3.05, 3.63) is 10.5 Å². The van der Waals surface area contributed by atoms with Gasteiger partial charge in [-0.15, -0.1) is 5.10 Å². The van der Waals surface area contributed by atoms with Crippen molar-refractivity contribution >= 4 is 11.8 Å². The molecule has 1 aromatic heterocycles. The van der Waals surface area contributed by atoms with Crippen molar-refractivity contribution < 1.29 is 14.6 Å². The summed E-state index contributed by atoms with van der Waals surface area (Å²) < 4.78 is 11.7. The molecule has 0 spiro atoms. The van der Waals surface area contributed by atoms with E-state index >= 15 is 0 Å². The van der Waals surface area contributed by atoms with Gasteiger partial charge in [-0.2, -0.15) is 0 Å². The lowest BCUT2D eigenvalue weighted by atomic mass is 10.4. The van der Waals surface area contributed by atoms with Gasteiger partial charge in [0.15, 0.2) is 5.16 Å². The molecule has 1 aromatic rings. The summed E-state index contributed by atoms with van der Waals surface area (Å²) in [5.74, 6) is 0.448. The van der Waals surface area contributed by atoms with Gasteiger partial charge in [-0.1, -0.05) is 11.8 Å². The largest absolute Gasteiger partial charge is 0.390 e. The van der Waals surface area contributed by atoms with Crippen LogP contribution in [0.3, 0.4) is 0 Å². The first-order valence-electron chi connectivity index (χ1n) is 6.27. The predicted octanol–water partition coefficient (Wildman–Crippen LogP) is 0.0223. The van der Waals surface area contributed by atoms with Crippen LogP contribution in [0.15, 0.2) is 9.95 Å². The molecule has 1 heterocycles. The number of hydrogen-bond acceptors (Lipinski definition) is 6. The third-order valence-corrected chi connectivity index (χ3v) is 3.83. The maximum absolute atomic E-state index is 11.5. The zero-order chi connectivity index (χ0) is 13.7. The zero-order valence-corrected chi connectivity index (χ0v) is 11.7. The van der Waals surface area contributed by atoms with Gasteiger partial charge < -0.3 is 14.6 Å². The maximum Gasteiger partial charge on any atom is 0.344 e. The Kier molecular flexibility index (Phi) is 5.44. The van der Waals surface area contributed by atoms with Gasteiger partial charge in [-0.3, -0.25) is 4.57 Å². The topological polar surface area (TPSA) is 89.4 Å². The molecular formula is C11H19N3O4S. The molecule has 0 aromatic carbocycles. The molecule has 1 saturated carbocycles. The maximum atomic E-state index is 11.5. The first-order chi connectivity index (χ1) is 9.22. The summed E-state index contributed by atoms with van der Waals surface area (Å²) in [7, 11) is 1.60. The second kappa shape index (κ2) is 7.09. The van der Waals surface area contributed by atoms with E-state index in [1.54, 1.807) is 11.7 Å². The average molecular weight is 289 g/mol. The number of ether oxygens (including phenoxy) is 2. The third kappa shape index (κ3) is 4.34. The van der Waals surface area contributed by atoms with Gasteiger partial charge in [0.05, 0.1) is 25.9 Å². The monoisotopic (exact) mass is 289 g/mol. The second-order valence-corrected chi connectivity index (χ2v) is 5.43. The first kappa shape index (κ1) is 14.6. The Morgan fingerprint density at radius 3 is 3.05 bits per heavy atom. The third-order valence-electron chi connectivity index (χ3n) is 2.73. The van der Waals surface area contributed by atoms with Crippen LogP contribution in [-0.2, 0) is 9.47 Å². The molecule has 108 valence electrons. The SMILES string of the molecule is COCCOCC(O)CSc1n[nH]c(=O)n1C1CC1. The van der Waals surface area contributed by atoms with E-state index in [0.29, 0.717) is 24.1 Å². The Morgan fingerprint density at radius 1 is 1.58 bits per heavy atom. The molecule has 0 saturated heterocycles. The lowest BCUT2D eigenvalue weighted by molar-refractivity contribution is 0.0218. The van der Waals surface area contributed by atoms with E-state index < -0.39 is 6.10 Å². The highest BCUT2D eigenvalue weighted by atomic mass is 32.2. The Bertz CT molecular complexity index is 443. The number of rotatable bonds is 9. The molecule has 19 heavy (non-hydrogen) atoms. The van der Waals surface area contributed by atoms with Crippen molar-refractivity contribution in [1.29, 1.82) is 0 Å². The molecule has 1 aliphatic carbocycles. The summed E-state index contributed by atoms with van der Waals surface area (Å²) >= 11 is 1.37. The molecule has 0 aliphatic heterocycles. The number of nitrogens with one attached hydrogen (secondary N) is 1. The molecule has 7 nitrogen and oxygen atoms in total. The van der Waals surface area contributed by atoms with Crippen LogP contribution in [0.1, 0.15) is 18.9 Å². The Labute approximate surface area is 115 Å². The van der Waals surface area contributed by atoms with Crippen LogP contribution >= 0.6 is 11.8 Å². The van der Waals surface area contributed by atoms with Crippen molar-refractivity contribution in [1.82, 2.24) is 14.8 Å². The predicted molar refractivity (Wildman–Crippen MR) is 70.5 cm³/mol. The van der Waals surface area contributed by atoms with Crippen LogP contribution in [0.25, 0.3) is 0 Å². The highest BCUT2D eigenvalue weighted by Crippen LogP contribution is 2.36. The fourth-order valence-corrected chi connectivity index (χ4v) is 2.55. The summed E-state index contributed by atoms with van der Waals surface area (Å²) in [6, 6.07) is 0.281. The summed E-state index contributed by atoms with van der Waals surface area (Å²) in [5.41, 5.74) is -0.171. The number of aliphatic hydroxyl groups excluding tert-OH is 1. The van der Waals surface area contributed by atoms with E-state index in [4.69, 9.17) is 9.47 Å². The van der Waals surface area contributed by atoms with Gasteiger partial charge in [-0.05, 0) is 12.8 Å². The molecule has 1 aliphatic rings. The smallest absolute Gasteiger partial charge is 0.344 e. The molecule has 1 atom stereocenters. The number of aliphatic hydroxyl groups is 1. The van der Waals surface area contributed by atoms with Crippen LogP contribution in [0, 0.1) is 0 Å². The second-order valence-electron chi connectivity index (χ2n) is 4.45. The quantitative estimate of drug-likeness (QED) is 0.492. The van der Waals surface area contributed by atoms with E-state index in [-0.39, 0.29) is 18.3 Å². The van der Waals surface area contributed by atoms with E-state index in [9.17, 15) is 9.90 Å². The Morgan fingerprint density at radius 2 is 2.37 bits per heavy atom. The minimum absolute atomic E-state index is 0.171. The van der Waals surface area contributed by atoms with Gasteiger partial charge in [0, 0.05) is 18.9 Å². The van der Waals surface area contributed by atoms with Gasteiger partial charge in [0.25, 0.3) is 0 Å². The van der Waals surface area contributed by atoms with E-state index in [2.05, 4.69) is 10.2 Å². The summed E-state index contributed by atoms with van der Waals surface area (Å²) in [5, 5.41) is 16.8. The van der Waals surface area contributed by atoms with Crippen molar-refractivity contribution in [3.63, 3.8) is 0 Å². The highest BCUT2D eigenvalue weighted by Gasteiger charge is 2.28.